The highest BCUT2D eigenvalue weighted by Crippen LogP contribution is 2.35. The maximum atomic E-state index is 11.6. The van der Waals surface area contributed by atoms with E-state index in [9.17, 15) is 4.79 Å². The van der Waals surface area contributed by atoms with Crippen molar-refractivity contribution in [2.24, 2.45) is 0 Å². The molecule has 82 valence electrons. The molecule has 0 aliphatic carbocycles. The Labute approximate surface area is 111 Å². The van der Waals surface area contributed by atoms with E-state index in [0.29, 0.717) is 5.75 Å². The van der Waals surface area contributed by atoms with E-state index in [4.69, 9.17) is 39.5 Å². The number of carbonyl (C=O) groups is 1. The van der Waals surface area contributed by atoms with Crippen molar-refractivity contribution >= 4 is 56.5 Å². The highest BCUT2D eigenvalue weighted by atomic mass is 79.9. The molecule has 0 spiro atoms. The van der Waals surface area contributed by atoms with Crippen molar-refractivity contribution in [3.05, 3.63) is 27.7 Å². The Bertz CT molecular complexity index is 393. The lowest BCUT2D eigenvalue weighted by molar-refractivity contribution is 0.101. The zero-order valence-electron chi connectivity index (χ0n) is 7.56. The number of ether oxygens (including phenoxy) is 1. The topological polar surface area (TPSA) is 26.3 Å². The first-order valence-electron chi connectivity index (χ1n) is 3.83. The summed E-state index contributed by atoms with van der Waals surface area (Å²) in [7, 11) is 1.47. The molecule has 0 amide bonds. The Morgan fingerprint density at radius 3 is 2.47 bits per heavy atom. The van der Waals surface area contributed by atoms with Crippen molar-refractivity contribution in [2.75, 3.05) is 7.11 Å². The molecule has 0 aliphatic rings. The number of ketones is 1. The summed E-state index contributed by atoms with van der Waals surface area (Å²) < 4.78 is 4.13. The Hall–Kier alpha value is 0.0400. The summed E-state index contributed by atoms with van der Waals surface area (Å²) in [5.74, 6) is 0.0742. The Morgan fingerprint density at radius 2 is 2.00 bits per heavy atom. The minimum atomic E-state index is -0.820. The van der Waals surface area contributed by atoms with Crippen LogP contribution in [0.15, 0.2) is 12.1 Å². The first-order valence-corrected chi connectivity index (χ1v) is 5.94. The van der Waals surface area contributed by atoms with Crippen molar-refractivity contribution < 1.29 is 9.53 Å². The molecule has 0 saturated carbocycles. The minimum Gasteiger partial charge on any atom is -0.495 e. The maximum Gasteiger partial charge on any atom is 0.192 e. The Kier molecular flexibility index (Phi) is 4.71. The summed E-state index contributed by atoms with van der Waals surface area (Å²) in [5.41, 5.74) is 0.263. The van der Waals surface area contributed by atoms with Crippen LogP contribution in [0.4, 0.5) is 0 Å². The molecule has 0 bridgehead atoms. The molecule has 1 aromatic rings. The normalized spacial score (nSPS) is 12.3. The van der Waals surface area contributed by atoms with Crippen molar-refractivity contribution in [1.29, 1.82) is 0 Å². The maximum absolute atomic E-state index is 11.6. The van der Waals surface area contributed by atoms with Gasteiger partial charge in [0, 0.05) is 5.56 Å². The van der Waals surface area contributed by atoms with Crippen LogP contribution in [0.2, 0.25) is 10.0 Å². The number of alkyl halides is 2. The van der Waals surface area contributed by atoms with Crippen LogP contribution in [0.5, 0.6) is 5.75 Å². The average Bonchev–Trinajstić information content (AvgIpc) is 2.21. The van der Waals surface area contributed by atoms with Gasteiger partial charge in [0.1, 0.15) is 10.8 Å². The molecule has 0 N–H and O–H groups in total. The van der Waals surface area contributed by atoms with E-state index in [1.807, 2.05) is 0 Å². The molecule has 0 saturated heterocycles. The van der Waals surface area contributed by atoms with Crippen LogP contribution in [-0.4, -0.2) is 17.2 Å². The highest BCUT2D eigenvalue weighted by molar-refractivity contribution is 9.10. The van der Waals surface area contributed by atoms with E-state index in [-0.39, 0.29) is 21.4 Å². The molecule has 0 aliphatic heterocycles. The second-order valence-corrected chi connectivity index (χ2v) is 5.24. The van der Waals surface area contributed by atoms with Crippen LogP contribution in [0.25, 0.3) is 0 Å². The molecule has 1 rings (SSSR count). The lowest BCUT2D eigenvalue weighted by Crippen LogP contribution is -2.08. The minimum absolute atomic E-state index is 0.145. The summed E-state index contributed by atoms with van der Waals surface area (Å²) >= 11 is 20.3. The molecule has 1 unspecified atom stereocenters. The predicted molar refractivity (Wildman–Crippen MR) is 65.9 cm³/mol. The summed E-state index contributed by atoms with van der Waals surface area (Å²) in [6.07, 6.45) is 0. The van der Waals surface area contributed by atoms with Crippen LogP contribution >= 0.6 is 50.7 Å². The third-order valence-corrected chi connectivity index (χ3v) is 3.21. The standard InChI is InChI=1S/C9H6BrCl3O2/c1-15-5-3-2-4(6(11)7(5)12)8(14)9(10)13/h2-3,9H,1H3. The van der Waals surface area contributed by atoms with Crippen molar-refractivity contribution in [2.45, 2.75) is 4.29 Å². The summed E-state index contributed by atoms with van der Waals surface area (Å²) in [4.78, 5) is 11.6. The van der Waals surface area contributed by atoms with Gasteiger partial charge in [0.25, 0.3) is 0 Å². The van der Waals surface area contributed by atoms with Gasteiger partial charge in [-0.2, -0.15) is 0 Å². The zero-order valence-corrected chi connectivity index (χ0v) is 11.4. The smallest absolute Gasteiger partial charge is 0.192 e. The molecule has 0 fully saturated rings. The van der Waals surface area contributed by atoms with Crippen LogP contribution in [0.3, 0.4) is 0 Å². The number of hydrogen-bond donors (Lipinski definition) is 0. The predicted octanol–water partition coefficient (Wildman–Crippen LogP) is 4.14. The fourth-order valence-electron chi connectivity index (χ4n) is 0.997. The van der Waals surface area contributed by atoms with Crippen LogP contribution < -0.4 is 4.74 Å². The van der Waals surface area contributed by atoms with Gasteiger partial charge in [-0.05, 0) is 12.1 Å². The van der Waals surface area contributed by atoms with E-state index >= 15 is 0 Å². The van der Waals surface area contributed by atoms with Crippen LogP contribution in [0, 0.1) is 0 Å². The van der Waals surface area contributed by atoms with Gasteiger partial charge in [0.05, 0.1) is 12.1 Å². The Morgan fingerprint density at radius 1 is 1.40 bits per heavy atom. The van der Waals surface area contributed by atoms with E-state index in [0.717, 1.165) is 0 Å². The van der Waals surface area contributed by atoms with E-state index in [2.05, 4.69) is 15.9 Å². The van der Waals surface area contributed by atoms with Gasteiger partial charge in [-0.3, -0.25) is 4.79 Å². The molecular formula is C9H6BrCl3O2. The van der Waals surface area contributed by atoms with Gasteiger partial charge in [0.2, 0.25) is 0 Å². The number of hydrogen-bond acceptors (Lipinski definition) is 2. The number of benzene rings is 1. The molecular weight excluding hydrogens is 326 g/mol. The second kappa shape index (κ2) is 5.39. The fraction of sp³-hybridized carbons (Fsp3) is 0.222. The van der Waals surface area contributed by atoms with E-state index in [1.54, 1.807) is 6.07 Å². The molecule has 0 aromatic heterocycles. The fourth-order valence-corrected chi connectivity index (χ4v) is 1.85. The number of halogens is 4. The molecule has 1 aromatic carbocycles. The molecule has 15 heavy (non-hydrogen) atoms. The molecule has 0 radical (unpaired) electrons. The van der Waals surface area contributed by atoms with E-state index in [1.165, 1.54) is 13.2 Å². The number of methoxy groups -OCH3 is 1. The second-order valence-electron chi connectivity index (χ2n) is 2.61. The van der Waals surface area contributed by atoms with Gasteiger partial charge < -0.3 is 4.74 Å². The SMILES string of the molecule is COc1ccc(C(=O)C(Cl)Br)c(Cl)c1Cl. The first-order chi connectivity index (χ1) is 6.99. The molecule has 2 nitrogen and oxygen atoms in total. The van der Waals surface area contributed by atoms with Gasteiger partial charge in [-0.15, -0.1) is 11.6 Å². The quantitative estimate of drug-likeness (QED) is 0.614. The number of carbonyl (C=O) groups excluding carboxylic acids is 1. The first kappa shape index (κ1) is 13.1. The zero-order chi connectivity index (χ0) is 11.6. The largest absolute Gasteiger partial charge is 0.495 e. The number of rotatable bonds is 3. The summed E-state index contributed by atoms with van der Waals surface area (Å²) in [6.45, 7) is 0. The third kappa shape index (κ3) is 2.78. The summed E-state index contributed by atoms with van der Waals surface area (Å²) in [5, 5.41) is 0.348. The van der Waals surface area contributed by atoms with Crippen LogP contribution in [0.1, 0.15) is 10.4 Å². The third-order valence-electron chi connectivity index (χ3n) is 1.73. The molecule has 1 atom stereocenters. The lowest BCUT2D eigenvalue weighted by atomic mass is 10.1. The molecule has 6 heteroatoms. The van der Waals surface area contributed by atoms with Gasteiger partial charge >= 0.3 is 0 Å². The molecule has 0 heterocycles. The summed E-state index contributed by atoms with van der Waals surface area (Å²) in [6, 6.07) is 3.08. The highest BCUT2D eigenvalue weighted by Gasteiger charge is 2.20. The van der Waals surface area contributed by atoms with Crippen molar-refractivity contribution in [1.82, 2.24) is 0 Å². The van der Waals surface area contributed by atoms with Crippen LogP contribution in [-0.2, 0) is 0 Å². The number of Topliss-reactive ketones (excluding diaryl/α,β-unsaturated/α-hetero) is 1. The average molecular weight is 332 g/mol. The van der Waals surface area contributed by atoms with Gasteiger partial charge in [-0.1, -0.05) is 39.1 Å². The monoisotopic (exact) mass is 330 g/mol. The van der Waals surface area contributed by atoms with Gasteiger partial charge in [0.15, 0.2) is 10.1 Å². The van der Waals surface area contributed by atoms with E-state index < -0.39 is 4.29 Å². The van der Waals surface area contributed by atoms with Crippen molar-refractivity contribution in [3.63, 3.8) is 0 Å². The van der Waals surface area contributed by atoms with Crippen molar-refractivity contribution in [3.8, 4) is 5.75 Å². The lowest BCUT2D eigenvalue weighted by Gasteiger charge is -2.09. The van der Waals surface area contributed by atoms with Gasteiger partial charge in [-0.25, -0.2) is 0 Å². The Balaban J connectivity index is 3.23.